The lowest BCUT2D eigenvalue weighted by molar-refractivity contribution is -0.00114. The molecule has 0 fully saturated rings. The van der Waals surface area contributed by atoms with E-state index < -0.39 is 0 Å². The molecule has 1 unspecified atom stereocenters. The van der Waals surface area contributed by atoms with Crippen LogP contribution in [0.3, 0.4) is 0 Å². The average molecular weight is 391 g/mol. The highest BCUT2D eigenvalue weighted by atomic mass is 16.5. The molecular formula is C20H17N5O4. The zero-order valence-electron chi connectivity index (χ0n) is 15.6. The van der Waals surface area contributed by atoms with E-state index in [1.165, 1.54) is 0 Å². The van der Waals surface area contributed by atoms with Crippen molar-refractivity contribution in [2.45, 2.75) is 19.3 Å². The molecule has 5 rings (SSSR count). The molecule has 1 atom stereocenters. The summed E-state index contributed by atoms with van der Waals surface area (Å²) in [6.07, 6.45) is 4.92. The van der Waals surface area contributed by atoms with E-state index in [0.29, 0.717) is 36.3 Å². The van der Waals surface area contributed by atoms with E-state index in [0.717, 1.165) is 17.0 Å². The van der Waals surface area contributed by atoms with Gasteiger partial charge in [0.1, 0.15) is 17.6 Å². The van der Waals surface area contributed by atoms with Gasteiger partial charge in [0.25, 0.3) is 5.89 Å². The molecule has 0 spiro atoms. The molecule has 0 amide bonds. The Balaban J connectivity index is 1.34. The molecule has 1 aliphatic rings. The highest BCUT2D eigenvalue weighted by Gasteiger charge is 2.27. The fourth-order valence-corrected chi connectivity index (χ4v) is 3.14. The number of ether oxygens (including phenoxy) is 2. The summed E-state index contributed by atoms with van der Waals surface area (Å²) in [5, 5.41) is 12.5. The fraction of sp³-hybridized carbons (Fsp3) is 0.200. The Morgan fingerprint density at radius 3 is 2.86 bits per heavy atom. The summed E-state index contributed by atoms with van der Waals surface area (Å²) in [5.41, 5.74) is 2.43. The molecule has 146 valence electrons. The summed E-state index contributed by atoms with van der Waals surface area (Å²) in [7, 11) is 1.64. The topological polar surface area (TPSA) is 101 Å². The normalized spacial score (nSPS) is 16.2. The molecule has 1 aromatic carbocycles. The summed E-state index contributed by atoms with van der Waals surface area (Å²) < 4.78 is 23.6. The Kier molecular flexibility index (Phi) is 4.41. The van der Waals surface area contributed by atoms with E-state index in [9.17, 15) is 0 Å². The molecular weight excluding hydrogens is 374 g/mol. The molecule has 29 heavy (non-hydrogen) atoms. The van der Waals surface area contributed by atoms with Crippen molar-refractivity contribution in [3.63, 3.8) is 0 Å². The van der Waals surface area contributed by atoms with Crippen molar-refractivity contribution >= 4 is 12.2 Å². The number of hydrogen-bond donors (Lipinski definition) is 0. The monoisotopic (exact) mass is 391 g/mol. The molecule has 4 heterocycles. The van der Waals surface area contributed by atoms with Crippen LogP contribution in [0.1, 0.15) is 29.0 Å². The quantitative estimate of drug-likeness (QED) is 0.510. The second kappa shape index (κ2) is 7.36. The minimum Gasteiger partial charge on any atom is -0.497 e. The molecule has 0 saturated heterocycles. The molecule has 9 heteroatoms. The number of methoxy groups -OCH3 is 1. The lowest BCUT2D eigenvalue weighted by Crippen LogP contribution is -2.22. The predicted molar refractivity (Wildman–Crippen MR) is 101 cm³/mol. The molecule has 9 nitrogen and oxygen atoms in total. The molecule has 0 bridgehead atoms. The Bertz CT molecular complexity index is 1130. The largest absolute Gasteiger partial charge is 0.497 e. The van der Waals surface area contributed by atoms with Gasteiger partial charge in [-0.15, -0.1) is 5.10 Å². The minimum atomic E-state index is -0.111. The number of aromatic nitrogens is 5. The number of fused-ring (bicyclic) bond motifs is 1. The van der Waals surface area contributed by atoms with Crippen molar-refractivity contribution in [3.8, 4) is 17.3 Å². The average Bonchev–Trinajstić information content (AvgIpc) is 3.52. The van der Waals surface area contributed by atoms with Crippen LogP contribution in [0.25, 0.3) is 23.7 Å². The van der Waals surface area contributed by atoms with Crippen molar-refractivity contribution in [2.24, 2.45) is 0 Å². The lowest BCUT2D eigenvalue weighted by atomic mass is 10.1. The molecule has 0 radical (unpaired) electrons. The van der Waals surface area contributed by atoms with Gasteiger partial charge in [-0.2, -0.15) is 4.98 Å². The van der Waals surface area contributed by atoms with Crippen LogP contribution in [0.2, 0.25) is 0 Å². The summed E-state index contributed by atoms with van der Waals surface area (Å²) >= 11 is 0. The number of furan rings is 1. The zero-order chi connectivity index (χ0) is 19.6. The van der Waals surface area contributed by atoms with E-state index in [-0.39, 0.29) is 6.10 Å². The van der Waals surface area contributed by atoms with Crippen LogP contribution in [0.4, 0.5) is 0 Å². The van der Waals surface area contributed by atoms with E-state index in [1.54, 1.807) is 31.6 Å². The van der Waals surface area contributed by atoms with Gasteiger partial charge in [-0.1, -0.05) is 22.5 Å². The Morgan fingerprint density at radius 1 is 1.17 bits per heavy atom. The minimum absolute atomic E-state index is 0.111. The van der Waals surface area contributed by atoms with Crippen LogP contribution in [0.15, 0.2) is 51.6 Å². The third-order valence-electron chi connectivity index (χ3n) is 4.67. The first-order valence-corrected chi connectivity index (χ1v) is 9.04. The van der Waals surface area contributed by atoms with E-state index in [1.807, 2.05) is 35.0 Å². The molecule has 0 aliphatic carbocycles. The molecule has 0 N–H and O–H groups in total. The predicted octanol–water partition coefficient (Wildman–Crippen LogP) is 3.37. The summed E-state index contributed by atoms with van der Waals surface area (Å²) in [5.74, 6) is 2.23. The summed E-state index contributed by atoms with van der Waals surface area (Å²) in [6, 6.07) is 11.4. The van der Waals surface area contributed by atoms with Crippen LogP contribution in [-0.2, 0) is 17.9 Å². The van der Waals surface area contributed by atoms with E-state index >= 15 is 0 Å². The number of hydrogen-bond acceptors (Lipinski definition) is 8. The van der Waals surface area contributed by atoms with Gasteiger partial charge in [0, 0.05) is 6.08 Å². The molecule has 4 aromatic rings. The van der Waals surface area contributed by atoms with Gasteiger partial charge in [0.2, 0.25) is 5.82 Å². The van der Waals surface area contributed by atoms with Gasteiger partial charge in [-0.05, 0) is 35.9 Å². The Labute approximate surface area is 165 Å². The standard InChI is InChI=1S/C20H17N5O4/c1-26-14-6-4-13(5-7-14)17-11-25-16(12-28-17)19(22-24-25)20-21-18(29-23-20)9-8-15-3-2-10-27-15/h2-10,17H,11-12H2,1H3. The van der Waals surface area contributed by atoms with Gasteiger partial charge in [-0.25, -0.2) is 4.68 Å². The van der Waals surface area contributed by atoms with Gasteiger partial charge >= 0.3 is 0 Å². The second-order valence-electron chi connectivity index (χ2n) is 6.44. The van der Waals surface area contributed by atoms with Gasteiger partial charge in [0.15, 0.2) is 5.69 Å². The third kappa shape index (κ3) is 3.43. The van der Waals surface area contributed by atoms with E-state index in [2.05, 4.69) is 20.5 Å². The highest BCUT2D eigenvalue weighted by Crippen LogP contribution is 2.30. The first-order chi connectivity index (χ1) is 14.3. The maximum Gasteiger partial charge on any atom is 0.251 e. The van der Waals surface area contributed by atoms with Crippen molar-refractivity contribution in [2.75, 3.05) is 7.11 Å². The van der Waals surface area contributed by atoms with Crippen molar-refractivity contribution in [1.82, 2.24) is 25.1 Å². The molecule has 3 aromatic heterocycles. The van der Waals surface area contributed by atoms with Crippen molar-refractivity contribution in [1.29, 1.82) is 0 Å². The van der Waals surface area contributed by atoms with Crippen LogP contribution in [-0.4, -0.2) is 32.2 Å². The third-order valence-corrected chi connectivity index (χ3v) is 4.67. The summed E-state index contributed by atoms with van der Waals surface area (Å²) in [4.78, 5) is 4.37. The second-order valence-corrected chi connectivity index (χ2v) is 6.44. The number of rotatable bonds is 5. The number of nitrogens with zero attached hydrogens (tertiary/aromatic N) is 5. The lowest BCUT2D eigenvalue weighted by Gasteiger charge is -2.24. The first-order valence-electron chi connectivity index (χ1n) is 9.04. The Morgan fingerprint density at radius 2 is 2.07 bits per heavy atom. The SMILES string of the molecule is COc1ccc(C2Cn3nnc(-c4noc(C=Cc5ccco5)n4)c3CO2)cc1. The van der Waals surface area contributed by atoms with Crippen LogP contribution in [0.5, 0.6) is 5.75 Å². The highest BCUT2D eigenvalue weighted by molar-refractivity contribution is 5.64. The molecule has 0 saturated carbocycles. The van der Waals surface area contributed by atoms with Gasteiger partial charge in [-0.3, -0.25) is 0 Å². The number of benzene rings is 1. The fourth-order valence-electron chi connectivity index (χ4n) is 3.14. The Hall–Kier alpha value is -3.72. The summed E-state index contributed by atoms with van der Waals surface area (Å²) in [6.45, 7) is 0.906. The smallest absolute Gasteiger partial charge is 0.251 e. The molecule has 1 aliphatic heterocycles. The van der Waals surface area contributed by atoms with Crippen LogP contribution in [0, 0.1) is 0 Å². The maximum absolute atomic E-state index is 6.03. The first kappa shape index (κ1) is 17.4. The maximum atomic E-state index is 6.03. The van der Waals surface area contributed by atoms with Gasteiger partial charge < -0.3 is 18.4 Å². The zero-order valence-corrected chi connectivity index (χ0v) is 15.6. The van der Waals surface area contributed by atoms with Crippen molar-refractivity contribution < 1.29 is 18.4 Å². The van der Waals surface area contributed by atoms with Crippen LogP contribution >= 0.6 is 0 Å². The van der Waals surface area contributed by atoms with Crippen LogP contribution < -0.4 is 4.74 Å². The van der Waals surface area contributed by atoms with E-state index in [4.69, 9.17) is 18.4 Å². The van der Waals surface area contributed by atoms with Crippen molar-refractivity contribution in [3.05, 3.63) is 65.6 Å². The van der Waals surface area contributed by atoms with Gasteiger partial charge in [0.05, 0.1) is 32.2 Å².